The molecule has 196 valence electrons. The molecule has 34 heavy (non-hydrogen) atoms. The van der Waals surface area contributed by atoms with Gasteiger partial charge < -0.3 is 10.4 Å². The lowest BCUT2D eigenvalue weighted by Gasteiger charge is -2.61. The van der Waals surface area contributed by atoms with Gasteiger partial charge >= 0.3 is 0 Å². The first-order valence-corrected chi connectivity index (χ1v) is 15.4. The van der Waals surface area contributed by atoms with Gasteiger partial charge in [0, 0.05) is 12.5 Å². The van der Waals surface area contributed by atoms with E-state index in [1.807, 2.05) is 6.92 Å². The zero-order valence-corrected chi connectivity index (χ0v) is 22.4. The Labute approximate surface area is 206 Å². The van der Waals surface area contributed by atoms with Crippen LogP contribution in [0.1, 0.15) is 91.9 Å². The molecular formula is C27H47NO5S. The Morgan fingerprint density at radius 2 is 1.68 bits per heavy atom. The number of nitrogens with one attached hydrogen (secondary N) is 1. The molecular weight excluding hydrogens is 450 g/mol. The van der Waals surface area contributed by atoms with Crippen molar-refractivity contribution in [1.29, 1.82) is 0 Å². The Kier molecular flexibility index (Phi) is 7.50. The highest BCUT2D eigenvalue weighted by Gasteiger charge is 2.60. The Balaban J connectivity index is 1.38. The fourth-order valence-corrected chi connectivity index (χ4v) is 9.88. The van der Waals surface area contributed by atoms with Gasteiger partial charge in [-0.15, -0.1) is 0 Å². The van der Waals surface area contributed by atoms with Gasteiger partial charge in [0.2, 0.25) is 5.91 Å². The van der Waals surface area contributed by atoms with Crippen LogP contribution in [0.2, 0.25) is 0 Å². The van der Waals surface area contributed by atoms with Gasteiger partial charge in [0.15, 0.2) is 0 Å². The largest absolute Gasteiger partial charge is 0.393 e. The van der Waals surface area contributed by atoms with Crippen LogP contribution in [0.3, 0.4) is 0 Å². The zero-order valence-electron chi connectivity index (χ0n) is 21.6. The quantitative estimate of drug-likeness (QED) is 0.443. The second-order valence-electron chi connectivity index (χ2n) is 13.0. The second-order valence-corrected chi connectivity index (χ2v) is 14.6. The Morgan fingerprint density at radius 1 is 1.00 bits per heavy atom. The number of amides is 1. The van der Waals surface area contributed by atoms with E-state index >= 15 is 0 Å². The lowest BCUT2D eigenvalue weighted by atomic mass is 9.44. The molecule has 4 fully saturated rings. The molecule has 0 aliphatic heterocycles. The van der Waals surface area contributed by atoms with Crippen LogP contribution < -0.4 is 5.32 Å². The van der Waals surface area contributed by atoms with Gasteiger partial charge in [0.25, 0.3) is 10.1 Å². The third-order valence-electron chi connectivity index (χ3n) is 11.2. The van der Waals surface area contributed by atoms with Crippen LogP contribution >= 0.6 is 0 Å². The van der Waals surface area contributed by atoms with Crippen LogP contribution in [0, 0.1) is 52.3 Å². The first-order chi connectivity index (χ1) is 15.8. The highest BCUT2D eigenvalue weighted by molar-refractivity contribution is 7.85. The van der Waals surface area contributed by atoms with Gasteiger partial charge in [-0.2, -0.15) is 8.42 Å². The second kappa shape index (κ2) is 9.66. The van der Waals surface area contributed by atoms with Crippen LogP contribution in [0.5, 0.6) is 0 Å². The van der Waals surface area contributed by atoms with Crippen LogP contribution in [0.4, 0.5) is 0 Å². The molecule has 0 aromatic rings. The molecule has 0 aromatic heterocycles. The molecule has 1 amide bonds. The number of hydrogen-bond donors (Lipinski definition) is 3. The molecule has 4 aliphatic rings. The van der Waals surface area contributed by atoms with E-state index in [0.29, 0.717) is 28.6 Å². The number of carbonyl (C=O) groups excluding carboxylic acids is 1. The maximum Gasteiger partial charge on any atom is 0.266 e. The van der Waals surface area contributed by atoms with Crippen LogP contribution in [-0.4, -0.2) is 42.4 Å². The summed E-state index contributed by atoms with van der Waals surface area (Å²) in [4.78, 5) is 12.5. The fraction of sp³-hybridized carbons (Fsp3) is 0.963. The molecule has 0 radical (unpaired) electrons. The number of carbonyl (C=O) groups is 1. The van der Waals surface area contributed by atoms with Crippen molar-refractivity contribution in [2.75, 3.05) is 12.3 Å². The first kappa shape index (κ1) is 26.4. The van der Waals surface area contributed by atoms with Gasteiger partial charge in [-0.1, -0.05) is 27.7 Å². The summed E-state index contributed by atoms with van der Waals surface area (Å²) in [5.74, 6) is 3.44. The van der Waals surface area contributed by atoms with E-state index in [-0.39, 0.29) is 24.5 Å². The van der Waals surface area contributed by atoms with Crippen molar-refractivity contribution < 1.29 is 22.9 Å². The average Bonchev–Trinajstić information content (AvgIpc) is 3.10. The molecule has 6 nitrogen and oxygen atoms in total. The normalized spacial score (nSPS) is 43.8. The van der Waals surface area contributed by atoms with E-state index in [9.17, 15) is 18.3 Å². The summed E-state index contributed by atoms with van der Waals surface area (Å²) in [6, 6.07) is 0. The maximum atomic E-state index is 12.5. The first-order valence-electron chi connectivity index (χ1n) is 13.8. The highest BCUT2D eigenvalue weighted by Crippen LogP contribution is 2.68. The standard InChI is InChI=1S/C27H47NO5S/c1-17(15-18(2)25(30)28-13-14-34(31,32)33)22-7-8-23-21-6-5-19-16-20(29)9-11-26(19,3)24(21)10-12-27(22,23)4/h17-24,29H,5-16H2,1-4H3,(H,28,30)(H,31,32,33)/t17-,18+,19?,20-,21?,22-,23?,24?,26+,27-/m1/s1. The molecule has 7 heteroatoms. The third-order valence-corrected chi connectivity index (χ3v) is 12.0. The van der Waals surface area contributed by atoms with Crippen LogP contribution in [0.15, 0.2) is 0 Å². The van der Waals surface area contributed by atoms with Gasteiger partial charge in [-0.05, 0) is 111 Å². The molecule has 0 saturated heterocycles. The molecule has 4 unspecified atom stereocenters. The third kappa shape index (κ3) is 4.95. The highest BCUT2D eigenvalue weighted by atomic mass is 32.2. The van der Waals surface area contributed by atoms with E-state index in [2.05, 4.69) is 26.1 Å². The lowest BCUT2D eigenvalue weighted by molar-refractivity contribution is -0.131. The smallest absolute Gasteiger partial charge is 0.266 e. The zero-order chi connectivity index (χ0) is 24.9. The molecule has 3 N–H and O–H groups in total. The lowest BCUT2D eigenvalue weighted by Crippen LogP contribution is -2.54. The number of aliphatic hydroxyl groups excluding tert-OH is 1. The van der Waals surface area contributed by atoms with E-state index in [0.717, 1.165) is 37.0 Å². The monoisotopic (exact) mass is 497 g/mol. The maximum absolute atomic E-state index is 12.5. The topological polar surface area (TPSA) is 104 Å². The van der Waals surface area contributed by atoms with Crippen molar-refractivity contribution in [3.05, 3.63) is 0 Å². The number of aliphatic hydroxyl groups is 1. The van der Waals surface area contributed by atoms with Crippen LogP contribution in [0.25, 0.3) is 0 Å². The number of hydrogen-bond acceptors (Lipinski definition) is 4. The van der Waals surface area contributed by atoms with Gasteiger partial charge in [0.05, 0.1) is 11.9 Å². The van der Waals surface area contributed by atoms with Gasteiger partial charge in [0.1, 0.15) is 0 Å². The van der Waals surface area contributed by atoms with Crippen molar-refractivity contribution in [2.45, 2.75) is 98.0 Å². The molecule has 0 spiro atoms. The van der Waals surface area contributed by atoms with Crippen molar-refractivity contribution in [1.82, 2.24) is 5.32 Å². The fourth-order valence-electron chi connectivity index (χ4n) is 9.52. The van der Waals surface area contributed by atoms with Gasteiger partial charge in [-0.25, -0.2) is 0 Å². The summed E-state index contributed by atoms with van der Waals surface area (Å²) < 4.78 is 30.7. The average molecular weight is 498 g/mol. The molecule has 4 aliphatic carbocycles. The summed E-state index contributed by atoms with van der Waals surface area (Å²) in [6.07, 6.45) is 11.7. The minimum atomic E-state index is -4.05. The minimum absolute atomic E-state index is 0.0422. The molecule has 0 heterocycles. The van der Waals surface area contributed by atoms with Crippen molar-refractivity contribution >= 4 is 16.0 Å². The summed E-state index contributed by atoms with van der Waals surface area (Å²) >= 11 is 0. The molecule has 4 saturated carbocycles. The molecule has 0 bridgehead atoms. The summed E-state index contributed by atoms with van der Waals surface area (Å²) in [5, 5.41) is 12.9. The van der Waals surface area contributed by atoms with E-state index < -0.39 is 15.9 Å². The van der Waals surface area contributed by atoms with Gasteiger partial charge in [-0.3, -0.25) is 9.35 Å². The van der Waals surface area contributed by atoms with Crippen molar-refractivity contribution in [3.8, 4) is 0 Å². The minimum Gasteiger partial charge on any atom is -0.393 e. The predicted molar refractivity (Wildman–Crippen MR) is 134 cm³/mol. The number of rotatable bonds is 7. The number of fused-ring (bicyclic) bond motifs is 5. The Bertz CT molecular complexity index is 861. The van der Waals surface area contributed by atoms with Crippen molar-refractivity contribution in [3.63, 3.8) is 0 Å². The summed E-state index contributed by atoms with van der Waals surface area (Å²) in [6.45, 7) is 9.29. The van der Waals surface area contributed by atoms with E-state index in [1.54, 1.807) is 0 Å². The Morgan fingerprint density at radius 3 is 2.38 bits per heavy atom. The van der Waals surface area contributed by atoms with E-state index in [4.69, 9.17) is 4.55 Å². The van der Waals surface area contributed by atoms with Crippen molar-refractivity contribution in [2.24, 2.45) is 52.3 Å². The van der Waals surface area contributed by atoms with Crippen LogP contribution in [-0.2, 0) is 14.9 Å². The SMILES string of the molecule is C[C@H](C[C@H](C)C(=O)NCCS(=O)(=O)O)[C@H]1CCC2C3CCC4C[C@H](O)CC[C@]4(C)C3CC[C@@]21C. The predicted octanol–water partition coefficient (Wildman–Crippen LogP) is 4.67. The molecule has 10 atom stereocenters. The molecule has 4 rings (SSSR count). The Hall–Kier alpha value is -0.660. The molecule has 0 aromatic carbocycles. The summed E-state index contributed by atoms with van der Waals surface area (Å²) in [5.41, 5.74) is 0.751. The summed E-state index contributed by atoms with van der Waals surface area (Å²) in [7, 11) is -4.05. The van der Waals surface area contributed by atoms with E-state index in [1.165, 1.54) is 44.9 Å².